The second kappa shape index (κ2) is 9.00. The lowest BCUT2D eigenvalue weighted by atomic mass is 9.88. The monoisotopic (exact) mass is 290 g/mol. The van der Waals surface area contributed by atoms with Crippen molar-refractivity contribution in [1.82, 2.24) is 5.32 Å². The fourth-order valence-corrected chi connectivity index (χ4v) is 2.26. The maximum atomic E-state index is 12.2. The van der Waals surface area contributed by atoms with Gasteiger partial charge in [-0.3, -0.25) is 4.79 Å². The van der Waals surface area contributed by atoms with Crippen molar-refractivity contribution < 1.29 is 9.53 Å². The Hall–Kier alpha value is -2.04. The molecule has 1 unspecified atom stereocenters. The number of carbonyl (C=O) groups excluding carboxylic acids is 1. The summed E-state index contributed by atoms with van der Waals surface area (Å²) >= 11 is 0. The first-order chi connectivity index (χ1) is 10.2. The van der Waals surface area contributed by atoms with Crippen LogP contribution in [0.15, 0.2) is 35.4 Å². The minimum atomic E-state index is -0.744. The van der Waals surface area contributed by atoms with E-state index in [1.54, 1.807) is 0 Å². The number of esters is 1. The van der Waals surface area contributed by atoms with Crippen molar-refractivity contribution in [2.75, 3.05) is 20.2 Å². The van der Waals surface area contributed by atoms with Gasteiger partial charge in [0.1, 0.15) is 5.54 Å². The molecule has 0 spiro atoms. The summed E-state index contributed by atoms with van der Waals surface area (Å²) in [6.45, 7) is 2.96. The van der Waals surface area contributed by atoms with E-state index in [2.05, 4.69) is 15.3 Å². The molecule has 0 aliphatic rings. The number of nitrogens with one attached hydrogen (secondary N) is 1. The number of hydrogen-bond donors (Lipinski definition) is 1. The molecule has 0 aliphatic heterocycles. The zero-order valence-electron chi connectivity index (χ0n) is 12.6. The molecule has 1 N–H and O–H groups in total. The summed E-state index contributed by atoms with van der Waals surface area (Å²) in [6.07, 6.45) is 1.87. The lowest BCUT2D eigenvalue weighted by Crippen LogP contribution is -2.54. The molecular weight excluding hydrogens is 268 g/mol. The summed E-state index contributed by atoms with van der Waals surface area (Å²) in [5.41, 5.74) is 8.59. The fourth-order valence-electron chi connectivity index (χ4n) is 2.26. The van der Waals surface area contributed by atoms with Crippen LogP contribution in [0.25, 0.3) is 10.4 Å². The van der Waals surface area contributed by atoms with E-state index in [-0.39, 0.29) is 5.97 Å². The van der Waals surface area contributed by atoms with Crippen molar-refractivity contribution in [2.24, 2.45) is 5.11 Å². The molecule has 0 fully saturated rings. The highest BCUT2D eigenvalue weighted by Crippen LogP contribution is 2.19. The van der Waals surface area contributed by atoms with Gasteiger partial charge < -0.3 is 10.1 Å². The van der Waals surface area contributed by atoms with Gasteiger partial charge in [-0.2, -0.15) is 0 Å². The van der Waals surface area contributed by atoms with Crippen LogP contribution in [0.1, 0.15) is 25.3 Å². The average molecular weight is 290 g/mol. The summed E-state index contributed by atoms with van der Waals surface area (Å²) in [4.78, 5) is 14.9. The predicted octanol–water partition coefficient (Wildman–Crippen LogP) is 2.84. The van der Waals surface area contributed by atoms with Crippen molar-refractivity contribution in [3.63, 3.8) is 0 Å². The van der Waals surface area contributed by atoms with Crippen LogP contribution >= 0.6 is 0 Å². The summed E-state index contributed by atoms with van der Waals surface area (Å²) in [5, 5.41) is 6.77. The van der Waals surface area contributed by atoms with Crippen LogP contribution in [-0.4, -0.2) is 31.7 Å². The van der Waals surface area contributed by atoms with Gasteiger partial charge >= 0.3 is 5.97 Å². The minimum absolute atomic E-state index is 0.266. The number of rotatable bonds is 9. The zero-order chi connectivity index (χ0) is 15.6. The summed E-state index contributed by atoms with van der Waals surface area (Å²) in [6, 6.07) is 9.84. The normalized spacial score (nSPS) is 13.0. The zero-order valence-corrected chi connectivity index (χ0v) is 12.6. The Morgan fingerprint density at radius 1 is 1.43 bits per heavy atom. The molecule has 0 saturated carbocycles. The van der Waals surface area contributed by atoms with Crippen LogP contribution in [0.5, 0.6) is 0 Å². The van der Waals surface area contributed by atoms with Gasteiger partial charge in [0.2, 0.25) is 0 Å². The van der Waals surface area contributed by atoms with Crippen molar-refractivity contribution in [2.45, 2.75) is 31.7 Å². The second-order valence-electron chi connectivity index (χ2n) is 4.82. The van der Waals surface area contributed by atoms with Crippen molar-refractivity contribution in [3.05, 3.63) is 46.3 Å². The van der Waals surface area contributed by atoms with Crippen LogP contribution in [-0.2, 0) is 16.0 Å². The Kier molecular flexibility index (Phi) is 7.29. The van der Waals surface area contributed by atoms with Crippen LogP contribution < -0.4 is 5.32 Å². The molecule has 1 aromatic rings. The van der Waals surface area contributed by atoms with Crippen LogP contribution in [0, 0.1) is 0 Å². The SMILES string of the molecule is CCC(Cc1ccccc1)(NCCCN=[N+]=[N-])C(=O)OC. The van der Waals surface area contributed by atoms with Gasteiger partial charge in [-0.15, -0.1) is 0 Å². The summed E-state index contributed by atoms with van der Waals surface area (Å²) in [7, 11) is 1.40. The number of nitrogens with zero attached hydrogens (tertiary/aromatic N) is 3. The fraction of sp³-hybridized carbons (Fsp3) is 0.533. The molecule has 0 radical (unpaired) electrons. The largest absolute Gasteiger partial charge is 0.468 e. The molecule has 0 aliphatic carbocycles. The lowest BCUT2D eigenvalue weighted by Gasteiger charge is -2.31. The van der Waals surface area contributed by atoms with E-state index in [1.807, 2.05) is 37.3 Å². The van der Waals surface area contributed by atoms with Crippen molar-refractivity contribution in [1.29, 1.82) is 0 Å². The third kappa shape index (κ3) is 5.10. The highest BCUT2D eigenvalue weighted by Gasteiger charge is 2.37. The molecule has 0 bridgehead atoms. The number of benzene rings is 1. The summed E-state index contributed by atoms with van der Waals surface area (Å²) in [5.74, 6) is -0.266. The topological polar surface area (TPSA) is 87.1 Å². The Labute approximate surface area is 125 Å². The molecule has 0 amide bonds. The third-order valence-corrected chi connectivity index (χ3v) is 3.49. The van der Waals surface area contributed by atoms with Gasteiger partial charge in [0.05, 0.1) is 7.11 Å². The van der Waals surface area contributed by atoms with Gasteiger partial charge in [-0.1, -0.05) is 42.4 Å². The van der Waals surface area contributed by atoms with E-state index in [4.69, 9.17) is 10.3 Å². The molecule has 0 saturated heterocycles. The van der Waals surface area contributed by atoms with E-state index in [1.165, 1.54) is 7.11 Å². The highest BCUT2D eigenvalue weighted by atomic mass is 16.5. The van der Waals surface area contributed by atoms with E-state index < -0.39 is 5.54 Å². The summed E-state index contributed by atoms with van der Waals surface area (Å²) < 4.78 is 4.97. The van der Waals surface area contributed by atoms with Crippen molar-refractivity contribution >= 4 is 5.97 Å². The molecule has 0 heterocycles. The van der Waals surface area contributed by atoms with Gasteiger partial charge in [0, 0.05) is 17.9 Å². The Bertz CT molecular complexity index is 486. The first-order valence-corrected chi connectivity index (χ1v) is 7.06. The van der Waals surface area contributed by atoms with Crippen LogP contribution in [0.4, 0.5) is 0 Å². The van der Waals surface area contributed by atoms with E-state index in [9.17, 15) is 4.79 Å². The molecule has 6 heteroatoms. The van der Waals surface area contributed by atoms with Crippen LogP contribution in [0.2, 0.25) is 0 Å². The minimum Gasteiger partial charge on any atom is -0.468 e. The lowest BCUT2D eigenvalue weighted by molar-refractivity contribution is -0.148. The van der Waals surface area contributed by atoms with Gasteiger partial charge in [-0.25, -0.2) is 0 Å². The number of azide groups is 1. The van der Waals surface area contributed by atoms with E-state index in [0.717, 1.165) is 5.56 Å². The molecule has 114 valence electrons. The Morgan fingerprint density at radius 2 is 2.14 bits per heavy atom. The molecule has 6 nitrogen and oxygen atoms in total. The first kappa shape index (κ1) is 17.0. The second-order valence-corrected chi connectivity index (χ2v) is 4.82. The van der Waals surface area contributed by atoms with Crippen LogP contribution in [0.3, 0.4) is 0 Å². The molecule has 1 aromatic carbocycles. The molecule has 1 atom stereocenters. The Morgan fingerprint density at radius 3 is 2.71 bits per heavy atom. The highest BCUT2D eigenvalue weighted by molar-refractivity contribution is 5.81. The smallest absolute Gasteiger partial charge is 0.326 e. The number of ether oxygens (including phenoxy) is 1. The van der Waals surface area contributed by atoms with Gasteiger partial charge in [0.25, 0.3) is 0 Å². The van der Waals surface area contributed by atoms with Gasteiger partial charge in [-0.05, 0) is 30.5 Å². The molecular formula is C15H22N4O2. The number of carbonyl (C=O) groups is 1. The number of hydrogen-bond acceptors (Lipinski definition) is 4. The number of methoxy groups -OCH3 is 1. The predicted molar refractivity (Wildman–Crippen MR) is 81.8 cm³/mol. The van der Waals surface area contributed by atoms with E-state index in [0.29, 0.717) is 32.4 Å². The maximum Gasteiger partial charge on any atom is 0.326 e. The van der Waals surface area contributed by atoms with Crippen molar-refractivity contribution in [3.8, 4) is 0 Å². The maximum absolute atomic E-state index is 12.2. The quantitative estimate of drug-likeness (QED) is 0.249. The molecule has 21 heavy (non-hydrogen) atoms. The molecule has 1 rings (SSSR count). The molecule has 0 aromatic heterocycles. The first-order valence-electron chi connectivity index (χ1n) is 7.06. The Balaban J connectivity index is 2.78. The van der Waals surface area contributed by atoms with E-state index >= 15 is 0 Å². The standard InChI is InChI=1S/C15H22N4O2/c1-3-15(14(20)21-2,17-10-7-11-18-19-16)12-13-8-5-4-6-9-13/h4-6,8-9,17H,3,7,10-12H2,1-2H3. The average Bonchev–Trinajstić information content (AvgIpc) is 2.53. The third-order valence-electron chi connectivity index (χ3n) is 3.49. The van der Waals surface area contributed by atoms with Gasteiger partial charge in [0.15, 0.2) is 0 Å².